The molecule has 5 rings (SSSR count). The molecule has 0 radical (unpaired) electrons. The Morgan fingerprint density at radius 3 is 2.12 bits per heavy atom. The Morgan fingerprint density at radius 2 is 1.52 bits per heavy atom. The van der Waals surface area contributed by atoms with E-state index in [1.807, 2.05) is 95.3 Å². The Balaban J connectivity index is 1.59. The van der Waals surface area contributed by atoms with Gasteiger partial charge in [0.2, 0.25) is 0 Å². The summed E-state index contributed by atoms with van der Waals surface area (Å²) in [5, 5.41) is 3.12. The topological polar surface area (TPSA) is 78.8 Å². The molecule has 48 heavy (non-hydrogen) atoms. The van der Waals surface area contributed by atoms with Crippen LogP contribution in [0.3, 0.4) is 0 Å². The van der Waals surface area contributed by atoms with E-state index in [-0.39, 0.29) is 42.2 Å². The van der Waals surface area contributed by atoms with Crippen LogP contribution in [0.1, 0.15) is 89.7 Å². The maximum atomic E-state index is 14.4. The molecule has 1 aromatic heterocycles. The summed E-state index contributed by atoms with van der Waals surface area (Å²) in [5.41, 5.74) is 4.87. The van der Waals surface area contributed by atoms with Crippen LogP contribution in [0.5, 0.6) is 0 Å². The highest BCUT2D eigenvalue weighted by Crippen LogP contribution is 2.43. The molecule has 4 aromatic rings. The van der Waals surface area contributed by atoms with Crippen LogP contribution in [0.4, 0.5) is 10.1 Å². The minimum Gasteiger partial charge on any atom is -0.460 e. The number of anilines is 1. The van der Waals surface area contributed by atoms with Crippen molar-refractivity contribution in [3.63, 3.8) is 0 Å². The molecule has 0 spiro atoms. The van der Waals surface area contributed by atoms with E-state index in [0.29, 0.717) is 30.6 Å². The largest absolute Gasteiger partial charge is 0.460 e. The highest BCUT2D eigenvalue weighted by atomic mass is 19.1. The summed E-state index contributed by atoms with van der Waals surface area (Å²) >= 11 is 0. The first kappa shape index (κ1) is 35.0. The maximum Gasteiger partial charge on any atom is 0.308 e. The zero-order valence-corrected chi connectivity index (χ0v) is 29.0. The first-order valence-corrected chi connectivity index (χ1v) is 16.7. The standard InChI is InChI=1S/C40H47FN2O5/c1-26(2)36-35(38(45)42-30-16-12-9-13-17-30)34(27-14-10-8-11-15-27)37(28-18-20-29(41)21-19-28)43(36)23-22-31-24-32(47-40(6,7)46-31)25-33(44)48-39(3,4)5/h8-21,26,31-32H,22-25H2,1-7H3,(H,42,45)/t31-,32+/m1/s1. The predicted octanol–water partition coefficient (Wildman–Crippen LogP) is 9.37. The van der Waals surface area contributed by atoms with Gasteiger partial charge in [-0.15, -0.1) is 0 Å². The minimum absolute atomic E-state index is 0.0369. The van der Waals surface area contributed by atoms with E-state index in [9.17, 15) is 14.0 Å². The number of halogens is 1. The highest BCUT2D eigenvalue weighted by Gasteiger charge is 2.38. The van der Waals surface area contributed by atoms with E-state index in [1.165, 1.54) is 12.1 Å². The second kappa shape index (κ2) is 14.5. The molecular formula is C40H47FN2O5. The van der Waals surface area contributed by atoms with E-state index < -0.39 is 11.4 Å². The van der Waals surface area contributed by atoms with E-state index in [1.54, 1.807) is 12.1 Å². The van der Waals surface area contributed by atoms with Crippen molar-refractivity contribution in [2.45, 2.75) is 104 Å². The van der Waals surface area contributed by atoms with Crippen molar-refractivity contribution in [1.82, 2.24) is 4.57 Å². The van der Waals surface area contributed by atoms with Gasteiger partial charge in [-0.25, -0.2) is 4.39 Å². The molecule has 0 unspecified atom stereocenters. The lowest BCUT2D eigenvalue weighted by molar-refractivity contribution is -0.301. The Morgan fingerprint density at radius 1 is 0.917 bits per heavy atom. The summed E-state index contributed by atoms with van der Waals surface area (Å²) in [6.45, 7) is 13.9. The molecule has 8 heteroatoms. The lowest BCUT2D eigenvalue weighted by atomic mass is 9.94. The first-order chi connectivity index (χ1) is 22.7. The molecule has 0 aliphatic carbocycles. The van der Waals surface area contributed by atoms with Crippen molar-refractivity contribution < 1.29 is 28.2 Å². The molecule has 2 heterocycles. The van der Waals surface area contributed by atoms with Gasteiger partial charge >= 0.3 is 5.97 Å². The molecule has 1 fully saturated rings. The van der Waals surface area contributed by atoms with Crippen LogP contribution in [0.2, 0.25) is 0 Å². The number of nitrogens with one attached hydrogen (secondary N) is 1. The molecule has 1 amide bonds. The molecule has 1 N–H and O–H groups in total. The lowest BCUT2D eigenvalue weighted by Crippen LogP contribution is -2.46. The first-order valence-electron chi connectivity index (χ1n) is 16.7. The molecule has 0 bridgehead atoms. The predicted molar refractivity (Wildman–Crippen MR) is 187 cm³/mol. The summed E-state index contributed by atoms with van der Waals surface area (Å²) in [4.78, 5) is 27.1. The highest BCUT2D eigenvalue weighted by molar-refractivity contribution is 6.12. The van der Waals surface area contributed by atoms with Gasteiger partial charge in [-0.2, -0.15) is 0 Å². The van der Waals surface area contributed by atoms with E-state index in [0.717, 1.165) is 28.1 Å². The van der Waals surface area contributed by atoms with Crippen molar-refractivity contribution >= 4 is 17.6 Å². The normalized spacial score (nSPS) is 17.7. The number of para-hydroxylation sites is 1. The van der Waals surface area contributed by atoms with Crippen LogP contribution < -0.4 is 5.32 Å². The average Bonchev–Trinajstić information content (AvgIpc) is 3.35. The Kier molecular flexibility index (Phi) is 10.6. The summed E-state index contributed by atoms with van der Waals surface area (Å²) in [7, 11) is 0. The quantitative estimate of drug-likeness (QED) is 0.172. The molecule has 1 aliphatic heterocycles. The third kappa shape index (κ3) is 8.60. The number of carbonyl (C=O) groups is 2. The van der Waals surface area contributed by atoms with E-state index >= 15 is 0 Å². The third-order valence-electron chi connectivity index (χ3n) is 8.21. The van der Waals surface area contributed by atoms with Gasteiger partial charge in [-0.05, 0) is 94.5 Å². The molecule has 3 aromatic carbocycles. The van der Waals surface area contributed by atoms with Gasteiger partial charge in [-0.1, -0.05) is 62.4 Å². The van der Waals surface area contributed by atoms with E-state index in [4.69, 9.17) is 14.2 Å². The molecular weight excluding hydrogens is 607 g/mol. The number of ether oxygens (including phenoxy) is 3. The molecule has 2 atom stereocenters. The van der Waals surface area contributed by atoms with Crippen LogP contribution in [0, 0.1) is 5.82 Å². The Hall–Kier alpha value is -4.27. The monoisotopic (exact) mass is 654 g/mol. The number of hydrogen-bond donors (Lipinski definition) is 1. The van der Waals surface area contributed by atoms with Crippen LogP contribution in [0.15, 0.2) is 84.9 Å². The van der Waals surface area contributed by atoms with Gasteiger partial charge in [0.15, 0.2) is 5.79 Å². The van der Waals surface area contributed by atoms with Gasteiger partial charge < -0.3 is 24.1 Å². The minimum atomic E-state index is -0.900. The fraction of sp³-hybridized carbons (Fsp3) is 0.400. The second-order valence-electron chi connectivity index (χ2n) is 14.2. The van der Waals surface area contributed by atoms with Crippen LogP contribution in [-0.2, 0) is 25.5 Å². The van der Waals surface area contributed by atoms with Crippen molar-refractivity contribution in [2.75, 3.05) is 5.32 Å². The second-order valence-corrected chi connectivity index (χ2v) is 14.2. The summed E-state index contributed by atoms with van der Waals surface area (Å²) in [6.07, 6.45) is 0.635. The van der Waals surface area contributed by atoms with Crippen molar-refractivity contribution in [3.05, 3.63) is 102 Å². The molecule has 7 nitrogen and oxygen atoms in total. The Labute approximate surface area is 283 Å². The van der Waals surface area contributed by atoms with Crippen molar-refractivity contribution in [3.8, 4) is 22.4 Å². The van der Waals surface area contributed by atoms with Crippen molar-refractivity contribution in [2.24, 2.45) is 0 Å². The smallest absolute Gasteiger partial charge is 0.308 e. The summed E-state index contributed by atoms with van der Waals surface area (Å²) < 4.78 is 34.6. The van der Waals surface area contributed by atoms with Crippen LogP contribution in [0.25, 0.3) is 22.4 Å². The maximum absolute atomic E-state index is 14.4. The van der Waals surface area contributed by atoms with Crippen molar-refractivity contribution in [1.29, 1.82) is 0 Å². The fourth-order valence-corrected chi connectivity index (χ4v) is 6.57. The molecule has 0 saturated carbocycles. The fourth-order valence-electron chi connectivity index (χ4n) is 6.57. The zero-order valence-electron chi connectivity index (χ0n) is 29.0. The number of rotatable bonds is 10. The average molecular weight is 655 g/mol. The van der Waals surface area contributed by atoms with Gasteiger partial charge in [0.25, 0.3) is 5.91 Å². The summed E-state index contributed by atoms with van der Waals surface area (Å²) in [5.74, 6) is -1.80. The van der Waals surface area contributed by atoms with Gasteiger partial charge in [0.05, 0.1) is 29.9 Å². The van der Waals surface area contributed by atoms with Gasteiger partial charge in [0, 0.05) is 29.9 Å². The number of aromatic nitrogens is 1. The van der Waals surface area contributed by atoms with E-state index in [2.05, 4.69) is 23.7 Å². The Bertz CT molecular complexity index is 1710. The molecule has 254 valence electrons. The lowest BCUT2D eigenvalue weighted by Gasteiger charge is -2.41. The van der Waals surface area contributed by atoms with Gasteiger partial charge in [-0.3, -0.25) is 9.59 Å². The number of nitrogens with zero attached hydrogens (tertiary/aromatic N) is 1. The SMILES string of the molecule is CC(C)c1c(C(=O)Nc2ccccc2)c(-c2ccccc2)c(-c2ccc(F)cc2)n1CC[C@@H]1C[C@@H](CC(=O)OC(C)(C)C)OC(C)(C)O1. The van der Waals surface area contributed by atoms with Crippen LogP contribution >= 0.6 is 0 Å². The van der Waals surface area contributed by atoms with Crippen LogP contribution in [-0.4, -0.2) is 40.0 Å². The van der Waals surface area contributed by atoms with Gasteiger partial charge in [0.1, 0.15) is 11.4 Å². The molecule has 1 saturated heterocycles. The number of carbonyl (C=O) groups excluding carboxylic acids is 2. The zero-order chi connectivity index (χ0) is 34.6. The third-order valence-corrected chi connectivity index (χ3v) is 8.21. The number of esters is 1. The number of amides is 1. The molecule has 1 aliphatic rings. The number of hydrogen-bond acceptors (Lipinski definition) is 5. The number of benzene rings is 3. The summed E-state index contributed by atoms with van der Waals surface area (Å²) in [6, 6.07) is 25.7.